The molecule has 1 unspecified atom stereocenters. The number of anilines is 1. The van der Waals surface area contributed by atoms with Gasteiger partial charge < -0.3 is 5.11 Å². The van der Waals surface area contributed by atoms with Gasteiger partial charge in [0.2, 0.25) is 0 Å². The molecule has 0 fully saturated rings. The number of aromatic nitrogens is 1. The molecule has 0 saturated heterocycles. The molecule has 0 amide bonds. The average molecular weight is 357 g/mol. The number of rotatable bonds is 4. The number of halogens is 1. The first-order valence-electron chi connectivity index (χ1n) is 5.81. The summed E-state index contributed by atoms with van der Waals surface area (Å²) in [5, 5.41) is 9.51. The molecule has 2 N–H and O–H groups in total. The Morgan fingerprint density at radius 2 is 2.05 bits per heavy atom. The molecule has 0 radical (unpaired) electrons. The Kier molecular flexibility index (Phi) is 4.42. The number of nitrogens with one attached hydrogen (secondary N) is 1. The first-order valence-corrected chi connectivity index (χ1v) is 8.09. The Labute approximate surface area is 125 Å². The fraction of sp³-hybridized carbons (Fsp3) is 0.154. The van der Waals surface area contributed by atoms with Gasteiger partial charge in [-0.2, -0.15) is 0 Å². The molecule has 7 heteroatoms. The lowest BCUT2D eigenvalue weighted by atomic mass is 10.1. The number of pyridine rings is 1. The Hall–Kier alpha value is -1.44. The van der Waals surface area contributed by atoms with Crippen molar-refractivity contribution in [1.29, 1.82) is 0 Å². The lowest BCUT2D eigenvalue weighted by molar-refractivity contribution is 0.199. The lowest BCUT2D eigenvalue weighted by Gasteiger charge is -2.10. The number of nitrogens with zero attached hydrogens (tertiary/aromatic N) is 1. The summed E-state index contributed by atoms with van der Waals surface area (Å²) in [5.74, 6) is 0.218. The van der Waals surface area contributed by atoms with E-state index >= 15 is 0 Å². The fourth-order valence-corrected chi connectivity index (χ4v) is 3.16. The van der Waals surface area contributed by atoms with Gasteiger partial charge in [-0.1, -0.05) is 12.1 Å². The second kappa shape index (κ2) is 5.90. The van der Waals surface area contributed by atoms with Gasteiger partial charge in [-0.25, -0.2) is 13.4 Å². The zero-order valence-electron chi connectivity index (χ0n) is 10.6. The summed E-state index contributed by atoms with van der Waals surface area (Å²) in [5.41, 5.74) is 0.535. The van der Waals surface area contributed by atoms with Gasteiger partial charge in [-0.15, -0.1) is 0 Å². The van der Waals surface area contributed by atoms with Gasteiger partial charge in [0.25, 0.3) is 10.0 Å². The van der Waals surface area contributed by atoms with Crippen molar-refractivity contribution >= 4 is 31.8 Å². The van der Waals surface area contributed by atoms with Crippen LogP contribution in [0.2, 0.25) is 0 Å². The summed E-state index contributed by atoms with van der Waals surface area (Å²) in [4.78, 5) is 4.04. The Morgan fingerprint density at radius 3 is 2.70 bits per heavy atom. The van der Waals surface area contributed by atoms with Crippen molar-refractivity contribution in [3.63, 3.8) is 0 Å². The number of aliphatic hydroxyl groups is 1. The van der Waals surface area contributed by atoms with Crippen molar-refractivity contribution in [3.8, 4) is 0 Å². The minimum atomic E-state index is -3.75. The summed E-state index contributed by atoms with van der Waals surface area (Å²) in [6.07, 6.45) is 0.765. The molecule has 0 bridgehead atoms. The van der Waals surface area contributed by atoms with Gasteiger partial charge in [0.05, 0.1) is 15.5 Å². The van der Waals surface area contributed by atoms with Crippen LogP contribution >= 0.6 is 15.9 Å². The third-order valence-corrected chi connectivity index (χ3v) is 4.62. The number of hydrogen-bond donors (Lipinski definition) is 2. The van der Waals surface area contributed by atoms with Crippen LogP contribution in [0.15, 0.2) is 52.0 Å². The van der Waals surface area contributed by atoms with E-state index in [1.54, 1.807) is 31.2 Å². The molecule has 0 spiro atoms. The third kappa shape index (κ3) is 3.36. The van der Waals surface area contributed by atoms with E-state index in [2.05, 4.69) is 25.6 Å². The minimum absolute atomic E-state index is 0.0773. The summed E-state index contributed by atoms with van der Waals surface area (Å²) in [7, 11) is -3.75. The van der Waals surface area contributed by atoms with Crippen LogP contribution < -0.4 is 4.72 Å². The SMILES string of the molecule is CC(O)c1cccc(S(=O)(=O)Nc2ncccc2Br)c1. The predicted molar refractivity (Wildman–Crippen MR) is 79.8 cm³/mol. The molecule has 1 aromatic heterocycles. The molecule has 5 nitrogen and oxygen atoms in total. The summed E-state index contributed by atoms with van der Waals surface area (Å²) < 4.78 is 27.5. The van der Waals surface area contributed by atoms with Crippen molar-refractivity contribution in [1.82, 2.24) is 4.98 Å². The van der Waals surface area contributed by atoms with Crippen LogP contribution in [0, 0.1) is 0 Å². The van der Waals surface area contributed by atoms with E-state index in [1.807, 2.05) is 0 Å². The zero-order chi connectivity index (χ0) is 14.8. The fourth-order valence-electron chi connectivity index (χ4n) is 1.59. The van der Waals surface area contributed by atoms with Gasteiger partial charge in [-0.3, -0.25) is 4.72 Å². The minimum Gasteiger partial charge on any atom is -0.389 e. The molecular weight excluding hydrogens is 344 g/mol. The van der Waals surface area contributed by atoms with Crippen molar-refractivity contribution < 1.29 is 13.5 Å². The van der Waals surface area contributed by atoms with Gasteiger partial charge in [0.15, 0.2) is 5.82 Å². The van der Waals surface area contributed by atoms with Gasteiger partial charge >= 0.3 is 0 Å². The molecule has 1 atom stereocenters. The van der Waals surface area contributed by atoms with Crippen LogP contribution in [0.1, 0.15) is 18.6 Å². The van der Waals surface area contributed by atoms with E-state index in [4.69, 9.17) is 0 Å². The van der Waals surface area contributed by atoms with E-state index in [9.17, 15) is 13.5 Å². The highest BCUT2D eigenvalue weighted by Crippen LogP contribution is 2.23. The van der Waals surface area contributed by atoms with Crippen molar-refractivity contribution in [2.75, 3.05) is 4.72 Å². The molecule has 2 rings (SSSR count). The lowest BCUT2D eigenvalue weighted by Crippen LogP contribution is -2.14. The molecule has 106 valence electrons. The highest BCUT2D eigenvalue weighted by Gasteiger charge is 2.17. The Balaban J connectivity index is 2.36. The van der Waals surface area contributed by atoms with E-state index in [0.717, 1.165) is 0 Å². The maximum atomic E-state index is 12.3. The van der Waals surface area contributed by atoms with Crippen molar-refractivity contribution in [2.24, 2.45) is 0 Å². The quantitative estimate of drug-likeness (QED) is 0.882. The molecular formula is C13H13BrN2O3S. The average Bonchev–Trinajstić information content (AvgIpc) is 2.41. The Morgan fingerprint density at radius 1 is 1.30 bits per heavy atom. The molecule has 20 heavy (non-hydrogen) atoms. The van der Waals surface area contributed by atoms with E-state index in [1.165, 1.54) is 18.3 Å². The van der Waals surface area contributed by atoms with Crippen LogP contribution in [0.25, 0.3) is 0 Å². The second-order valence-electron chi connectivity index (χ2n) is 4.19. The van der Waals surface area contributed by atoms with E-state index in [-0.39, 0.29) is 10.7 Å². The topological polar surface area (TPSA) is 79.3 Å². The van der Waals surface area contributed by atoms with E-state index in [0.29, 0.717) is 10.0 Å². The molecule has 1 aromatic carbocycles. The normalized spacial score (nSPS) is 12.9. The summed E-state index contributed by atoms with van der Waals surface area (Å²) in [6, 6.07) is 9.53. The van der Waals surface area contributed by atoms with E-state index < -0.39 is 16.1 Å². The third-order valence-electron chi connectivity index (χ3n) is 2.64. The molecule has 0 aliphatic rings. The second-order valence-corrected chi connectivity index (χ2v) is 6.72. The highest BCUT2D eigenvalue weighted by molar-refractivity contribution is 9.10. The molecule has 2 aromatic rings. The summed E-state index contributed by atoms with van der Waals surface area (Å²) >= 11 is 3.23. The smallest absolute Gasteiger partial charge is 0.263 e. The van der Waals surface area contributed by atoms with Gasteiger partial charge in [0, 0.05) is 6.20 Å². The highest BCUT2D eigenvalue weighted by atomic mass is 79.9. The zero-order valence-corrected chi connectivity index (χ0v) is 13.0. The maximum Gasteiger partial charge on any atom is 0.263 e. The van der Waals surface area contributed by atoms with Crippen LogP contribution in [-0.4, -0.2) is 18.5 Å². The Bertz CT molecular complexity index is 717. The first-order chi connectivity index (χ1) is 9.40. The van der Waals surface area contributed by atoms with Crippen molar-refractivity contribution in [3.05, 3.63) is 52.6 Å². The number of hydrogen-bond acceptors (Lipinski definition) is 4. The molecule has 0 saturated carbocycles. The summed E-state index contributed by atoms with van der Waals surface area (Å²) in [6.45, 7) is 1.58. The van der Waals surface area contributed by atoms with Gasteiger partial charge in [0.1, 0.15) is 0 Å². The van der Waals surface area contributed by atoms with Crippen LogP contribution in [-0.2, 0) is 10.0 Å². The number of aliphatic hydroxyl groups excluding tert-OH is 1. The number of benzene rings is 1. The predicted octanol–water partition coefficient (Wildman–Crippen LogP) is 2.70. The van der Waals surface area contributed by atoms with Crippen molar-refractivity contribution in [2.45, 2.75) is 17.9 Å². The van der Waals surface area contributed by atoms with Crippen LogP contribution in [0.3, 0.4) is 0 Å². The van der Waals surface area contributed by atoms with Gasteiger partial charge in [-0.05, 0) is 52.7 Å². The molecule has 0 aliphatic carbocycles. The first kappa shape index (κ1) is 15.0. The maximum absolute atomic E-state index is 12.3. The number of sulfonamides is 1. The van der Waals surface area contributed by atoms with Crippen LogP contribution in [0.5, 0.6) is 0 Å². The largest absolute Gasteiger partial charge is 0.389 e. The standard InChI is InChI=1S/C13H13BrN2O3S/c1-9(17)10-4-2-5-11(8-10)20(18,19)16-13-12(14)6-3-7-15-13/h2-9,17H,1H3,(H,15,16). The molecule has 1 heterocycles. The van der Waals surface area contributed by atoms with Crippen LogP contribution in [0.4, 0.5) is 5.82 Å². The monoisotopic (exact) mass is 356 g/mol. The molecule has 0 aliphatic heterocycles.